The first-order valence-electron chi connectivity index (χ1n) is 5.27. The molecule has 0 heterocycles. The number of hydrogen-bond acceptors (Lipinski definition) is 1. The van der Waals surface area contributed by atoms with Gasteiger partial charge in [-0.2, -0.15) is 0 Å². The standard InChI is InChI=1S/C12H16FN/c1-2-4-8-7-10-9(12(8)14)5-3-6-11(10)13/h3,5-6,8,12H,2,4,7,14H2,1H3. The van der Waals surface area contributed by atoms with Gasteiger partial charge in [0.2, 0.25) is 0 Å². The Hall–Kier alpha value is -0.890. The third-order valence-corrected chi connectivity index (χ3v) is 3.15. The third kappa shape index (κ3) is 1.44. The van der Waals surface area contributed by atoms with Crippen molar-refractivity contribution in [3.8, 4) is 0 Å². The van der Waals surface area contributed by atoms with Gasteiger partial charge in [-0.25, -0.2) is 4.39 Å². The van der Waals surface area contributed by atoms with Crippen LogP contribution in [0.2, 0.25) is 0 Å². The van der Waals surface area contributed by atoms with E-state index in [0.29, 0.717) is 5.92 Å². The molecule has 1 aliphatic rings. The van der Waals surface area contributed by atoms with E-state index in [0.717, 1.165) is 30.4 Å². The summed E-state index contributed by atoms with van der Waals surface area (Å²) in [6.45, 7) is 2.14. The van der Waals surface area contributed by atoms with Gasteiger partial charge in [-0.15, -0.1) is 0 Å². The fraction of sp³-hybridized carbons (Fsp3) is 0.500. The monoisotopic (exact) mass is 193 g/mol. The Balaban J connectivity index is 2.30. The van der Waals surface area contributed by atoms with Gasteiger partial charge in [0.1, 0.15) is 5.82 Å². The van der Waals surface area contributed by atoms with E-state index in [9.17, 15) is 4.39 Å². The van der Waals surface area contributed by atoms with E-state index in [1.54, 1.807) is 6.07 Å². The molecule has 0 amide bonds. The van der Waals surface area contributed by atoms with Crippen LogP contribution in [-0.4, -0.2) is 0 Å². The van der Waals surface area contributed by atoms with Gasteiger partial charge in [0, 0.05) is 6.04 Å². The summed E-state index contributed by atoms with van der Waals surface area (Å²) in [4.78, 5) is 0. The normalized spacial score (nSPS) is 25.1. The van der Waals surface area contributed by atoms with E-state index in [2.05, 4.69) is 6.92 Å². The van der Waals surface area contributed by atoms with Crippen molar-refractivity contribution in [3.05, 3.63) is 35.1 Å². The van der Waals surface area contributed by atoms with Crippen LogP contribution in [-0.2, 0) is 6.42 Å². The maximum absolute atomic E-state index is 13.4. The predicted octanol–water partition coefficient (Wildman–Crippen LogP) is 2.80. The second-order valence-electron chi connectivity index (χ2n) is 4.09. The molecule has 2 rings (SSSR count). The predicted molar refractivity (Wildman–Crippen MR) is 55.4 cm³/mol. The molecule has 0 bridgehead atoms. The highest BCUT2D eigenvalue weighted by Crippen LogP contribution is 2.37. The van der Waals surface area contributed by atoms with Crippen molar-refractivity contribution in [3.63, 3.8) is 0 Å². The van der Waals surface area contributed by atoms with E-state index in [1.807, 2.05) is 6.07 Å². The molecule has 2 heteroatoms. The van der Waals surface area contributed by atoms with Gasteiger partial charge in [-0.1, -0.05) is 25.5 Å². The third-order valence-electron chi connectivity index (χ3n) is 3.15. The number of halogens is 1. The summed E-state index contributed by atoms with van der Waals surface area (Å²) < 4.78 is 13.4. The van der Waals surface area contributed by atoms with Crippen LogP contribution in [0.25, 0.3) is 0 Å². The van der Waals surface area contributed by atoms with Crippen molar-refractivity contribution in [2.24, 2.45) is 11.7 Å². The van der Waals surface area contributed by atoms with Gasteiger partial charge in [-0.3, -0.25) is 0 Å². The molecule has 0 aliphatic heterocycles. The van der Waals surface area contributed by atoms with Crippen molar-refractivity contribution >= 4 is 0 Å². The molecule has 1 aromatic carbocycles. The maximum atomic E-state index is 13.4. The highest BCUT2D eigenvalue weighted by Gasteiger charge is 2.30. The van der Waals surface area contributed by atoms with Crippen molar-refractivity contribution in [1.29, 1.82) is 0 Å². The van der Waals surface area contributed by atoms with Gasteiger partial charge in [0.05, 0.1) is 0 Å². The smallest absolute Gasteiger partial charge is 0.126 e. The maximum Gasteiger partial charge on any atom is 0.126 e. The summed E-state index contributed by atoms with van der Waals surface area (Å²) in [6.07, 6.45) is 3.03. The zero-order valence-corrected chi connectivity index (χ0v) is 8.46. The second kappa shape index (κ2) is 3.70. The first-order valence-corrected chi connectivity index (χ1v) is 5.27. The average Bonchev–Trinajstić information content (AvgIpc) is 2.48. The molecule has 14 heavy (non-hydrogen) atoms. The fourth-order valence-electron chi connectivity index (χ4n) is 2.40. The van der Waals surface area contributed by atoms with Gasteiger partial charge in [0.15, 0.2) is 0 Å². The molecule has 0 spiro atoms. The molecule has 0 fully saturated rings. The van der Waals surface area contributed by atoms with Crippen LogP contribution in [0.5, 0.6) is 0 Å². The highest BCUT2D eigenvalue weighted by atomic mass is 19.1. The Morgan fingerprint density at radius 1 is 1.50 bits per heavy atom. The van der Waals surface area contributed by atoms with Crippen LogP contribution in [0.15, 0.2) is 18.2 Å². The number of benzene rings is 1. The molecule has 0 aromatic heterocycles. The van der Waals surface area contributed by atoms with Crippen LogP contribution in [0.4, 0.5) is 4.39 Å². The largest absolute Gasteiger partial charge is 0.324 e. The van der Waals surface area contributed by atoms with Crippen LogP contribution in [0.3, 0.4) is 0 Å². The topological polar surface area (TPSA) is 26.0 Å². The summed E-state index contributed by atoms with van der Waals surface area (Å²) in [5.41, 5.74) is 7.94. The summed E-state index contributed by atoms with van der Waals surface area (Å²) >= 11 is 0. The summed E-state index contributed by atoms with van der Waals surface area (Å²) in [5, 5.41) is 0. The molecule has 0 radical (unpaired) electrons. The Morgan fingerprint density at radius 3 is 2.93 bits per heavy atom. The molecular formula is C12H16FN. The van der Waals surface area contributed by atoms with Crippen molar-refractivity contribution in [1.82, 2.24) is 0 Å². The van der Waals surface area contributed by atoms with Gasteiger partial charge >= 0.3 is 0 Å². The molecule has 2 N–H and O–H groups in total. The SMILES string of the molecule is CCCC1Cc2c(F)cccc2C1N. The lowest BCUT2D eigenvalue weighted by atomic mass is 9.97. The van der Waals surface area contributed by atoms with Crippen LogP contribution in [0.1, 0.15) is 36.9 Å². The molecule has 2 atom stereocenters. The van der Waals surface area contributed by atoms with Gasteiger partial charge < -0.3 is 5.73 Å². The Kier molecular flexibility index (Phi) is 2.55. The first-order chi connectivity index (χ1) is 6.74. The van der Waals surface area contributed by atoms with Crippen molar-refractivity contribution in [2.75, 3.05) is 0 Å². The number of fused-ring (bicyclic) bond motifs is 1. The molecule has 1 aromatic rings. The minimum atomic E-state index is -0.0865. The molecule has 1 aliphatic carbocycles. The van der Waals surface area contributed by atoms with Gasteiger partial charge in [-0.05, 0) is 36.0 Å². The van der Waals surface area contributed by atoms with E-state index in [4.69, 9.17) is 5.73 Å². The van der Waals surface area contributed by atoms with Crippen LogP contribution < -0.4 is 5.73 Å². The lowest BCUT2D eigenvalue weighted by molar-refractivity contribution is 0.427. The van der Waals surface area contributed by atoms with Crippen molar-refractivity contribution < 1.29 is 4.39 Å². The molecule has 2 unspecified atom stereocenters. The minimum Gasteiger partial charge on any atom is -0.324 e. The lowest BCUT2D eigenvalue weighted by Crippen LogP contribution is -2.16. The quantitative estimate of drug-likeness (QED) is 0.768. The first kappa shape index (κ1) is 9.66. The zero-order valence-electron chi connectivity index (χ0n) is 8.46. The number of nitrogens with two attached hydrogens (primary N) is 1. The summed E-state index contributed by atoms with van der Waals surface area (Å²) in [7, 11) is 0. The van der Waals surface area contributed by atoms with Crippen LogP contribution in [0, 0.1) is 11.7 Å². The van der Waals surface area contributed by atoms with E-state index < -0.39 is 0 Å². The lowest BCUT2D eigenvalue weighted by Gasteiger charge is -2.14. The Morgan fingerprint density at radius 2 is 2.29 bits per heavy atom. The fourth-order valence-corrected chi connectivity index (χ4v) is 2.40. The summed E-state index contributed by atoms with van der Waals surface area (Å²) in [6, 6.07) is 5.28. The number of hydrogen-bond donors (Lipinski definition) is 1. The molecule has 0 saturated carbocycles. The molecule has 0 saturated heterocycles. The van der Waals surface area contributed by atoms with E-state index in [1.165, 1.54) is 6.07 Å². The molecular weight excluding hydrogens is 177 g/mol. The van der Waals surface area contributed by atoms with Gasteiger partial charge in [0.25, 0.3) is 0 Å². The number of rotatable bonds is 2. The van der Waals surface area contributed by atoms with Crippen LogP contribution >= 0.6 is 0 Å². The van der Waals surface area contributed by atoms with E-state index >= 15 is 0 Å². The molecule has 1 nitrogen and oxygen atoms in total. The average molecular weight is 193 g/mol. The molecule has 76 valence electrons. The Labute approximate surface area is 84.1 Å². The van der Waals surface area contributed by atoms with E-state index in [-0.39, 0.29) is 11.9 Å². The Bertz CT molecular complexity index is 335. The second-order valence-corrected chi connectivity index (χ2v) is 4.09. The van der Waals surface area contributed by atoms with Crippen molar-refractivity contribution in [2.45, 2.75) is 32.2 Å². The zero-order chi connectivity index (χ0) is 10.1. The summed E-state index contributed by atoms with van der Waals surface area (Å²) in [5.74, 6) is 0.350. The highest BCUT2D eigenvalue weighted by molar-refractivity contribution is 5.36. The minimum absolute atomic E-state index is 0.0423.